The van der Waals surface area contributed by atoms with E-state index in [4.69, 9.17) is 4.74 Å². The van der Waals surface area contributed by atoms with Gasteiger partial charge in [-0.05, 0) is 41.5 Å². The minimum Gasteiger partial charge on any atom is -0.497 e. The van der Waals surface area contributed by atoms with Crippen LogP contribution in [0.4, 0.5) is 0 Å². The minimum absolute atomic E-state index is 0.284. The molecule has 0 amide bonds. The lowest BCUT2D eigenvalue weighted by Crippen LogP contribution is -2.17. The van der Waals surface area contributed by atoms with Crippen LogP contribution in [0, 0.1) is 0 Å². The molecule has 108 valence electrons. The van der Waals surface area contributed by atoms with E-state index in [0.29, 0.717) is 0 Å². The largest absolute Gasteiger partial charge is 0.497 e. The van der Waals surface area contributed by atoms with E-state index in [9.17, 15) is 0 Å². The Morgan fingerprint density at radius 3 is 2.76 bits per heavy atom. The third-order valence-corrected chi connectivity index (χ3v) is 3.74. The molecule has 0 aliphatic heterocycles. The van der Waals surface area contributed by atoms with Crippen molar-refractivity contribution in [3.63, 3.8) is 0 Å². The lowest BCUT2D eigenvalue weighted by Gasteiger charge is -2.14. The predicted molar refractivity (Wildman–Crippen MR) is 84.3 cm³/mol. The summed E-state index contributed by atoms with van der Waals surface area (Å²) < 4.78 is 5.26. The van der Waals surface area contributed by atoms with Gasteiger partial charge in [0.2, 0.25) is 0 Å². The molecule has 1 heterocycles. The van der Waals surface area contributed by atoms with Crippen LogP contribution in [0.15, 0.2) is 48.8 Å². The molecular formula is C17H19N3O. The summed E-state index contributed by atoms with van der Waals surface area (Å²) in [5.74, 6) is 0.890. The number of methoxy groups -OCH3 is 1. The third-order valence-electron chi connectivity index (χ3n) is 3.74. The number of H-pyrrole nitrogens is 1. The monoisotopic (exact) mass is 281 g/mol. The number of hydrogen-bond donors (Lipinski definition) is 2. The highest BCUT2D eigenvalue weighted by molar-refractivity contribution is 5.84. The summed E-state index contributed by atoms with van der Waals surface area (Å²) in [5, 5.41) is 12.7. The van der Waals surface area contributed by atoms with E-state index < -0.39 is 0 Å². The Labute approximate surface area is 124 Å². The molecule has 1 aromatic heterocycles. The normalized spacial score (nSPS) is 12.5. The summed E-state index contributed by atoms with van der Waals surface area (Å²) in [5.41, 5.74) is 2.43. The van der Waals surface area contributed by atoms with Crippen LogP contribution in [-0.2, 0) is 6.54 Å². The van der Waals surface area contributed by atoms with Crippen LogP contribution < -0.4 is 10.1 Å². The molecule has 4 nitrogen and oxygen atoms in total. The molecule has 1 atom stereocenters. The number of hydrogen-bond acceptors (Lipinski definition) is 3. The fourth-order valence-electron chi connectivity index (χ4n) is 2.40. The van der Waals surface area contributed by atoms with E-state index in [0.717, 1.165) is 17.9 Å². The zero-order valence-corrected chi connectivity index (χ0v) is 12.3. The second kappa shape index (κ2) is 5.97. The quantitative estimate of drug-likeness (QED) is 0.753. The highest BCUT2D eigenvalue weighted by atomic mass is 16.5. The maximum atomic E-state index is 5.26. The van der Waals surface area contributed by atoms with E-state index in [1.54, 1.807) is 7.11 Å². The summed E-state index contributed by atoms with van der Waals surface area (Å²) >= 11 is 0. The smallest absolute Gasteiger partial charge is 0.119 e. The van der Waals surface area contributed by atoms with Crippen molar-refractivity contribution in [3.05, 3.63) is 59.9 Å². The van der Waals surface area contributed by atoms with Crippen molar-refractivity contribution in [2.24, 2.45) is 0 Å². The third kappa shape index (κ3) is 3.06. The van der Waals surface area contributed by atoms with Gasteiger partial charge in [-0.25, -0.2) is 0 Å². The average Bonchev–Trinajstić information content (AvgIpc) is 3.05. The topological polar surface area (TPSA) is 49.9 Å². The fourth-order valence-corrected chi connectivity index (χ4v) is 2.40. The lowest BCUT2D eigenvalue weighted by atomic mass is 10.0. The van der Waals surface area contributed by atoms with Crippen molar-refractivity contribution < 1.29 is 4.74 Å². The van der Waals surface area contributed by atoms with Crippen LogP contribution in [0.3, 0.4) is 0 Å². The highest BCUT2D eigenvalue weighted by Gasteiger charge is 2.06. The molecule has 0 saturated heterocycles. The maximum Gasteiger partial charge on any atom is 0.119 e. The molecule has 0 spiro atoms. The summed E-state index contributed by atoms with van der Waals surface area (Å²) in [6.45, 7) is 2.98. The Kier molecular flexibility index (Phi) is 3.88. The Morgan fingerprint density at radius 1 is 1.19 bits per heavy atom. The van der Waals surface area contributed by atoms with E-state index in [2.05, 4.69) is 52.8 Å². The predicted octanol–water partition coefficient (Wildman–Crippen LogP) is 3.42. The van der Waals surface area contributed by atoms with E-state index >= 15 is 0 Å². The number of benzene rings is 2. The molecule has 21 heavy (non-hydrogen) atoms. The molecule has 3 rings (SSSR count). The van der Waals surface area contributed by atoms with Gasteiger partial charge in [-0.1, -0.05) is 18.2 Å². The van der Waals surface area contributed by atoms with Crippen LogP contribution in [0.5, 0.6) is 5.75 Å². The van der Waals surface area contributed by atoms with Crippen LogP contribution in [0.2, 0.25) is 0 Å². The number of aromatic amines is 1. The van der Waals surface area contributed by atoms with Crippen molar-refractivity contribution in [1.29, 1.82) is 0 Å². The summed E-state index contributed by atoms with van der Waals surface area (Å²) in [6, 6.07) is 13.0. The first kappa shape index (κ1) is 13.6. The number of ether oxygens (including phenoxy) is 1. The fraction of sp³-hybridized carbons (Fsp3) is 0.235. The zero-order chi connectivity index (χ0) is 14.7. The average molecular weight is 281 g/mol. The van der Waals surface area contributed by atoms with Gasteiger partial charge in [0.25, 0.3) is 0 Å². The van der Waals surface area contributed by atoms with Gasteiger partial charge >= 0.3 is 0 Å². The zero-order valence-electron chi connectivity index (χ0n) is 12.3. The lowest BCUT2D eigenvalue weighted by molar-refractivity contribution is 0.415. The van der Waals surface area contributed by atoms with Gasteiger partial charge in [0.15, 0.2) is 0 Å². The molecule has 0 saturated carbocycles. The molecule has 0 bridgehead atoms. The Hall–Kier alpha value is -2.33. The van der Waals surface area contributed by atoms with Crippen molar-refractivity contribution >= 4 is 10.8 Å². The van der Waals surface area contributed by atoms with E-state index in [-0.39, 0.29) is 6.04 Å². The second-order valence-electron chi connectivity index (χ2n) is 5.18. The van der Waals surface area contributed by atoms with Gasteiger partial charge in [0.05, 0.1) is 13.3 Å². The van der Waals surface area contributed by atoms with Crippen molar-refractivity contribution in [1.82, 2.24) is 15.5 Å². The molecular weight excluding hydrogens is 262 g/mol. The number of rotatable bonds is 5. The molecule has 2 aromatic carbocycles. The van der Waals surface area contributed by atoms with Gasteiger partial charge in [-0.3, -0.25) is 5.10 Å². The molecule has 2 N–H and O–H groups in total. The molecule has 3 aromatic rings. The Morgan fingerprint density at radius 2 is 2.00 bits per heavy atom. The van der Waals surface area contributed by atoms with Crippen molar-refractivity contribution in [3.8, 4) is 5.75 Å². The van der Waals surface area contributed by atoms with Crippen LogP contribution in [0.1, 0.15) is 24.1 Å². The van der Waals surface area contributed by atoms with Crippen LogP contribution in [0.25, 0.3) is 10.8 Å². The second-order valence-corrected chi connectivity index (χ2v) is 5.18. The van der Waals surface area contributed by atoms with Gasteiger partial charge < -0.3 is 10.1 Å². The van der Waals surface area contributed by atoms with Crippen LogP contribution >= 0.6 is 0 Å². The molecule has 0 fully saturated rings. The number of aromatic nitrogens is 2. The molecule has 1 unspecified atom stereocenters. The SMILES string of the molecule is COc1ccc2cc(C(C)NCc3cn[nH]c3)ccc2c1. The minimum atomic E-state index is 0.284. The van der Waals surface area contributed by atoms with Gasteiger partial charge in [-0.2, -0.15) is 5.10 Å². The first-order valence-electron chi connectivity index (χ1n) is 7.05. The molecule has 0 aliphatic rings. The summed E-state index contributed by atoms with van der Waals surface area (Å²) in [4.78, 5) is 0. The van der Waals surface area contributed by atoms with Gasteiger partial charge in [0, 0.05) is 24.3 Å². The number of nitrogens with zero attached hydrogens (tertiary/aromatic N) is 1. The van der Waals surface area contributed by atoms with Gasteiger partial charge in [-0.15, -0.1) is 0 Å². The Bertz CT molecular complexity index is 722. The summed E-state index contributed by atoms with van der Waals surface area (Å²) in [7, 11) is 1.69. The van der Waals surface area contributed by atoms with Gasteiger partial charge in [0.1, 0.15) is 5.75 Å². The first-order chi connectivity index (χ1) is 10.3. The molecule has 4 heteroatoms. The number of nitrogens with one attached hydrogen (secondary N) is 2. The van der Waals surface area contributed by atoms with Crippen molar-refractivity contribution in [2.45, 2.75) is 19.5 Å². The highest BCUT2D eigenvalue weighted by Crippen LogP contribution is 2.24. The standard InChI is InChI=1S/C17H19N3O/c1-12(18-9-13-10-19-20-11-13)14-3-4-16-8-17(21-2)6-5-15(16)7-14/h3-8,10-12,18H,9H2,1-2H3,(H,19,20). The molecule has 0 radical (unpaired) electrons. The van der Waals surface area contributed by atoms with E-state index in [1.165, 1.54) is 16.3 Å². The first-order valence-corrected chi connectivity index (χ1v) is 7.05. The molecule has 0 aliphatic carbocycles. The maximum absolute atomic E-state index is 5.26. The van der Waals surface area contributed by atoms with E-state index in [1.807, 2.05) is 18.5 Å². The Balaban J connectivity index is 1.76. The van der Waals surface area contributed by atoms with Crippen LogP contribution in [-0.4, -0.2) is 17.3 Å². The number of fused-ring (bicyclic) bond motifs is 1. The summed E-state index contributed by atoms with van der Waals surface area (Å²) in [6.07, 6.45) is 3.75. The van der Waals surface area contributed by atoms with Crippen molar-refractivity contribution in [2.75, 3.05) is 7.11 Å².